The third-order valence-electron chi connectivity index (χ3n) is 5.58. The number of hydrogen-bond acceptors (Lipinski definition) is 5. The van der Waals surface area contributed by atoms with Crippen molar-refractivity contribution in [3.05, 3.63) is 35.1 Å². The van der Waals surface area contributed by atoms with E-state index in [4.69, 9.17) is 21.1 Å². The van der Waals surface area contributed by atoms with E-state index in [1.165, 1.54) is 25.7 Å². The Morgan fingerprint density at radius 1 is 1.24 bits per heavy atom. The molecule has 2 saturated carbocycles. The van der Waals surface area contributed by atoms with Gasteiger partial charge >= 0.3 is 5.97 Å². The van der Waals surface area contributed by atoms with E-state index in [-0.39, 0.29) is 18.1 Å². The van der Waals surface area contributed by atoms with Gasteiger partial charge in [0.2, 0.25) is 5.88 Å². The van der Waals surface area contributed by atoms with Gasteiger partial charge < -0.3 is 9.47 Å². The molecule has 0 aromatic carbocycles. The number of pyridine rings is 1. The molecule has 0 aliphatic heterocycles. The fraction of sp³-hybridized carbons (Fsp3) is 0.591. The van der Waals surface area contributed by atoms with Gasteiger partial charge in [-0.2, -0.15) is 0 Å². The topological polar surface area (TPSA) is 66.2 Å². The molecule has 0 radical (unpaired) electrons. The third kappa shape index (κ3) is 4.92. The number of rotatable bonds is 5. The summed E-state index contributed by atoms with van der Waals surface area (Å²) in [6.07, 6.45) is 7.17. The third-order valence-corrected chi connectivity index (χ3v) is 5.87. The van der Waals surface area contributed by atoms with E-state index < -0.39 is 11.6 Å². The van der Waals surface area contributed by atoms with Gasteiger partial charge in [-0.1, -0.05) is 25.4 Å². The Kier molecular flexibility index (Phi) is 6.22. The molecule has 0 saturated heterocycles. The molecule has 2 aromatic rings. The summed E-state index contributed by atoms with van der Waals surface area (Å²) in [6.45, 7) is 6.15. The first-order chi connectivity index (χ1) is 13.3. The minimum absolute atomic E-state index is 0. The number of esters is 1. The molecule has 0 spiro atoms. The van der Waals surface area contributed by atoms with Gasteiger partial charge in [0.15, 0.2) is 5.82 Å². The molecular formula is C22H30ClN3O3. The van der Waals surface area contributed by atoms with Gasteiger partial charge in [0, 0.05) is 12.3 Å². The Morgan fingerprint density at radius 3 is 2.66 bits per heavy atom. The number of ether oxygens (including phenoxy) is 2. The molecule has 4 rings (SSSR count). The maximum atomic E-state index is 12.2. The van der Waals surface area contributed by atoms with Crippen molar-refractivity contribution in [1.29, 1.82) is 0 Å². The average molecular weight is 420 g/mol. The normalized spacial score (nSPS) is 23.0. The Hall–Kier alpha value is -2.08. The van der Waals surface area contributed by atoms with Crippen LogP contribution in [0.2, 0.25) is 5.15 Å². The van der Waals surface area contributed by atoms with Gasteiger partial charge in [-0.15, -0.1) is 5.10 Å². The summed E-state index contributed by atoms with van der Waals surface area (Å²) >= 11 is 6.21. The second kappa shape index (κ2) is 8.34. The molecular weight excluding hydrogens is 390 g/mol. The highest BCUT2D eigenvalue weighted by Crippen LogP contribution is 2.48. The second-order valence-corrected chi connectivity index (χ2v) is 9.21. The Bertz CT molecular complexity index is 874. The van der Waals surface area contributed by atoms with Gasteiger partial charge in [0.05, 0.1) is 12.2 Å². The monoisotopic (exact) mass is 419 g/mol. The number of carbonyl (C=O) groups excluding carboxylic acids is 1. The molecule has 2 aliphatic rings. The highest BCUT2D eigenvalue weighted by Gasteiger charge is 2.39. The largest absolute Gasteiger partial charge is 0.476 e. The van der Waals surface area contributed by atoms with E-state index in [1.807, 2.05) is 26.8 Å². The Balaban J connectivity index is 0.00000240. The zero-order valence-corrected chi connectivity index (χ0v) is 17.3. The van der Waals surface area contributed by atoms with Crippen LogP contribution in [0.3, 0.4) is 0 Å². The lowest BCUT2D eigenvalue weighted by Crippen LogP contribution is -2.24. The van der Waals surface area contributed by atoms with Crippen LogP contribution >= 0.6 is 11.6 Å². The van der Waals surface area contributed by atoms with Gasteiger partial charge in [0.25, 0.3) is 0 Å². The summed E-state index contributed by atoms with van der Waals surface area (Å²) in [4.78, 5) is 16.5. The van der Waals surface area contributed by atoms with E-state index in [2.05, 4.69) is 10.1 Å². The van der Waals surface area contributed by atoms with Crippen LogP contribution in [0.4, 0.5) is 0 Å². The van der Waals surface area contributed by atoms with Crippen LogP contribution in [0.1, 0.15) is 64.2 Å². The molecule has 158 valence electrons. The molecule has 0 N–H and O–H groups in total. The number of fused-ring (bicyclic) bond motifs is 2. The molecule has 29 heavy (non-hydrogen) atoms. The number of halogens is 1. The fourth-order valence-electron chi connectivity index (χ4n) is 4.32. The van der Waals surface area contributed by atoms with Crippen LogP contribution in [0.5, 0.6) is 5.88 Å². The van der Waals surface area contributed by atoms with E-state index in [0.717, 1.165) is 18.4 Å². The summed E-state index contributed by atoms with van der Waals surface area (Å²) in [5, 5.41) is 4.53. The van der Waals surface area contributed by atoms with Crippen molar-refractivity contribution >= 4 is 17.6 Å². The highest BCUT2D eigenvalue weighted by molar-refractivity contribution is 6.32. The van der Waals surface area contributed by atoms with Crippen LogP contribution < -0.4 is 4.74 Å². The average Bonchev–Trinajstić information content (AvgIpc) is 3.35. The maximum absolute atomic E-state index is 12.2. The van der Waals surface area contributed by atoms with Crippen molar-refractivity contribution in [3.8, 4) is 11.7 Å². The zero-order valence-electron chi connectivity index (χ0n) is 16.5. The lowest BCUT2D eigenvalue weighted by atomic mass is 9.90. The van der Waals surface area contributed by atoms with Crippen LogP contribution in [0.25, 0.3) is 5.82 Å². The van der Waals surface area contributed by atoms with E-state index in [9.17, 15) is 4.79 Å². The predicted molar refractivity (Wildman–Crippen MR) is 113 cm³/mol. The maximum Gasteiger partial charge on any atom is 0.341 e. The van der Waals surface area contributed by atoms with Crippen molar-refractivity contribution in [2.24, 2.45) is 17.8 Å². The number of hydrogen-bond donors (Lipinski definition) is 0. The summed E-state index contributed by atoms with van der Waals surface area (Å²) in [5.74, 6) is 3.00. The second-order valence-electron chi connectivity index (χ2n) is 8.85. The first kappa shape index (κ1) is 21.6. The quantitative estimate of drug-likeness (QED) is 0.484. The van der Waals surface area contributed by atoms with Crippen molar-refractivity contribution < 1.29 is 14.3 Å². The van der Waals surface area contributed by atoms with E-state index in [1.54, 1.807) is 23.0 Å². The molecule has 7 heteroatoms. The molecule has 2 aromatic heterocycles. The summed E-state index contributed by atoms with van der Waals surface area (Å²) < 4.78 is 12.9. The van der Waals surface area contributed by atoms with Crippen LogP contribution in [0.15, 0.2) is 24.4 Å². The van der Waals surface area contributed by atoms with E-state index in [0.29, 0.717) is 17.6 Å². The van der Waals surface area contributed by atoms with E-state index >= 15 is 0 Å². The number of aromatic nitrogens is 3. The summed E-state index contributed by atoms with van der Waals surface area (Å²) in [5.41, 5.74) is -0.355. The van der Waals surface area contributed by atoms with Gasteiger partial charge in [-0.3, -0.25) is 0 Å². The fourth-order valence-corrected chi connectivity index (χ4v) is 4.55. The summed E-state index contributed by atoms with van der Waals surface area (Å²) in [7, 11) is 0. The molecule has 3 atom stereocenters. The van der Waals surface area contributed by atoms with Gasteiger partial charge in [-0.05, 0) is 69.9 Å². The lowest BCUT2D eigenvalue weighted by Gasteiger charge is -2.20. The first-order valence-corrected chi connectivity index (χ1v) is 10.2. The summed E-state index contributed by atoms with van der Waals surface area (Å²) in [6, 6.07) is 5.12. The molecule has 6 nitrogen and oxygen atoms in total. The molecule has 2 aliphatic carbocycles. The molecule has 2 heterocycles. The molecule has 2 fully saturated rings. The minimum Gasteiger partial charge on any atom is -0.476 e. The molecule has 2 bridgehead atoms. The Morgan fingerprint density at radius 2 is 2.03 bits per heavy atom. The SMILES string of the molecule is C.CC(C)(C)OC(=O)c1ccc(-n2ccc(OCC3CC4CCC3C4)n2)nc1Cl. The highest BCUT2D eigenvalue weighted by atomic mass is 35.5. The van der Waals surface area contributed by atoms with Crippen LogP contribution in [0, 0.1) is 17.8 Å². The van der Waals surface area contributed by atoms with Crippen molar-refractivity contribution in [3.63, 3.8) is 0 Å². The van der Waals surface area contributed by atoms with Crippen LogP contribution in [-0.4, -0.2) is 32.9 Å². The Labute approximate surface area is 177 Å². The molecule has 3 unspecified atom stereocenters. The van der Waals surface area contributed by atoms with Crippen molar-refractivity contribution in [1.82, 2.24) is 14.8 Å². The van der Waals surface area contributed by atoms with Crippen molar-refractivity contribution in [2.45, 2.75) is 59.5 Å². The zero-order chi connectivity index (χ0) is 19.9. The standard InChI is InChI=1S/C21H26ClN3O3.CH4/c1-21(2,3)28-20(26)16-6-7-17(23-19(16)22)25-9-8-18(24-25)27-12-15-11-13-4-5-14(15)10-13;/h6-9,13-15H,4-5,10-12H2,1-3H3;1H4. The van der Waals surface area contributed by atoms with Gasteiger partial charge in [0.1, 0.15) is 10.8 Å². The minimum atomic E-state index is -0.591. The predicted octanol–water partition coefficient (Wildman–Crippen LogP) is 5.33. The smallest absolute Gasteiger partial charge is 0.341 e. The van der Waals surface area contributed by atoms with Crippen LogP contribution in [-0.2, 0) is 4.74 Å². The first-order valence-electron chi connectivity index (χ1n) is 9.87. The van der Waals surface area contributed by atoms with Gasteiger partial charge in [-0.25, -0.2) is 14.5 Å². The molecule has 0 amide bonds. The lowest BCUT2D eigenvalue weighted by molar-refractivity contribution is 0.00693. The number of nitrogens with zero attached hydrogens (tertiary/aromatic N) is 3. The van der Waals surface area contributed by atoms with Crippen molar-refractivity contribution in [2.75, 3.05) is 6.61 Å². The number of carbonyl (C=O) groups is 1.